The minimum Gasteiger partial charge on any atom is -0.459 e. The molecule has 0 aliphatic heterocycles. The average molecular weight is 352 g/mol. The van der Waals surface area contributed by atoms with E-state index in [1.807, 2.05) is 18.2 Å². The first kappa shape index (κ1) is 13.3. The Morgan fingerprint density at radius 1 is 1.30 bits per heavy atom. The van der Waals surface area contributed by atoms with E-state index in [1.54, 1.807) is 30.2 Å². The number of hydrogen-bond acceptors (Lipinski definition) is 6. The zero-order chi connectivity index (χ0) is 13.9. The molecule has 0 saturated heterocycles. The van der Waals surface area contributed by atoms with E-state index in [0.29, 0.717) is 23.2 Å². The van der Waals surface area contributed by atoms with Gasteiger partial charge in [0.25, 0.3) is 5.89 Å². The summed E-state index contributed by atoms with van der Waals surface area (Å²) < 4.78 is 11.3. The van der Waals surface area contributed by atoms with Crippen molar-refractivity contribution in [3.8, 4) is 11.7 Å². The highest BCUT2D eigenvalue weighted by Gasteiger charge is 2.11. The molecule has 20 heavy (non-hydrogen) atoms. The number of thioether (sulfide) groups is 1. The third kappa shape index (κ3) is 2.88. The van der Waals surface area contributed by atoms with E-state index in [2.05, 4.69) is 26.1 Å². The molecule has 0 aliphatic rings. The molecule has 0 radical (unpaired) electrons. The maximum atomic E-state index is 5.92. The molecule has 7 heteroatoms. The molecular weight excluding hydrogens is 342 g/mol. The smallest absolute Gasteiger partial charge is 0.293 e. The monoisotopic (exact) mass is 351 g/mol. The van der Waals surface area contributed by atoms with Crippen molar-refractivity contribution >= 4 is 33.4 Å². The fourth-order valence-corrected chi connectivity index (χ4v) is 2.95. The molecule has 0 saturated carbocycles. The van der Waals surface area contributed by atoms with Gasteiger partial charge >= 0.3 is 0 Å². The van der Waals surface area contributed by atoms with Gasteiger partial charge in [-0.15, -0.1) is 11.8 Å². The highest BCUT2D eigenvalue weighted by Crippen LogP contribution is 2.30. The topological polar surface area (TPSA) is 78.1 Å². The van der Waals surface area contributed by atoms with E-state index in [0.717, 1.165) is 15.1 Å². The number of furan rings is 1. The van der Waals surface area contributed by atoms with Crippen LogP contribution in [0.4, 0.5) is 5.69 Å². The second-order valence-corrected chi connectivity index (χ2v) is 5.90. The number of hydrogen-bond donors (Lipinski definition) is 1. The Morgan fingerprint density at radius 2 is 2.20 bits per heavy atom. The molecule has 102 valence electrons. The molecule has 1 aromatic carbocycles. The Morgan fingerprint density at radius 3 is 3.00 bits per heavy atom. The summed E-state index contributed by atoms with van der Waals surface area (Å²) in [4.78, 5) is 5.25. The van der Waals surface area contributed by atoms with Crippen LogP contribution in [0.15, 0.2) is 54.9 Å². The first-order valence-electron chi connectivity index (χ1n) is 5.76. The fraction of sp³-hybridized carbons (Fsp3) is 0.0769. The number of nitrogens with zero attached hydrogens (tertiary/aromatic N) is 2. The summed E-state index contributed by atoms with van der Waals surface area (Å²) >= 11 is 4.98. The van der Waals surface area contributed by atoms with E-state index in [-0.39, 0.29) is 0 Å². The van der Waals surface area contributed by atoms with Gasteiger partial charge in [0.15, 0.2) is 11.6 Å². The van der Waals surface area contributed by atoms with E-state index in [9.17, 15) is 0 Å². The van der Waals surface area contributed by atoms with Crippen LogP contribution < -0.4 is 5.73 Å². The standard InChI is InChI=1S/C13H10BrN3O2S/c14-8-3-4-9(15)11(6-8)20-7-12-16-13(19-17-12)10-2-1-5-18-10/h1-6H,7,15H2. The summed E-state index contributed by atoms with van der Waals surface area (Å²) in [6, 6.07) is 9.28. The second-order valence-electron chi connectivity index (χ2n) is 3.96. The number of halogens is 1. The van der Waals surface area contributed by atoms with Crippen LogP contribution in [-0.4, -0.2) is 10.1 Å². The first-order chi connectivity index (χ1) is 9.72. The van der Waals surface area contributed by atoms with Crippen LogP contribution in [0.3, 0.4) is 0 Å². The molecular formula is C13H10BrN3O2S. The van der Waals surface area contributed by atoms with Crippen LogP contribution in [0, 0.1) is 0 Å². The van der Waals surface area contributed by atoms with Gasteiger partial charge in [-0.05, 0) is 30.3 Å². The van der Waals surface area contributed by atoms with Crippen molar-refractivity contribution < 1.29 is 8.94 Å². The molecule has 0 unspecified atom stereocenters. The Labute approximate surface area is 127 Å². The van der Waals surface area contributed by atoms with E-state index in [4.69, 9.17) is 14.7 Å². The van der Waals surface area contributed by atoms with Crippen LogP contribution in [-0.2, 0) is 5.75 Å². The summed E-state index contributed by atoms with van der Waals surface area (Å²) in [5, 5.41) is 3.92. The lowest BCUT2D eigenvalue weighted by Crippen LogP contribution is -1.90. The van der Waals surface area contributed by atoms with Crippen molar-refractivity contribution in [2.45, 2.75) is 10.6 Å². The van der Waals surface area contributed by atoms with E-state index in [1.165, 1.54) is 0 Å². The predicted octanol–water partition coefficient (Wildman–Crippen LogP) is 3.97. The van der Waals surface area contributed by atoms with Crippen molar-refractivity contribution in [2.75, 3.05) is 5.73 Å². The molecule has 5 nitrogen and oxygen atoms in total. The molecule has 2 aromatic heterocycles. The number of rotatable bonds is 4. The number of benzene rings is 1. The van der Waals surface area contributed by atoms with Gasteiger partial charge in [0, 0.05) is 15.1 Å². The number of aromatic nitrogens is 2. The van der Waals surface area contributed by atoms with Crippen molar-refractivity contribution in [3.05, 3.63) is 46.9 Å². The van der Waals surface area contributed by atoms with Crippen LogP contribution in [0.1, 0.15) is 5.82 Å². The summed E-state index contributed by atoms with van der Waals surface area (Å²) in [6.07, 6.45) is 1.57. The van der Waals surface area contributed by atoms with Crippen LogP contribution in [0.2, 0.25) is 0 Å². The molecule has 0 fully saturated rings. The Balaban J connectivity index is 1.71. The van der Waals surface area contributed by atoms with Crippen molar-refractivity contribution in [1.82, 2.24) is 10.1 Å². The summed E-state index contributed by atoms with van der Waals surface area (Å²) in [7, 11) is 0. The predicted molar refractivity (Wildman–Crippen MR) is 80.1 cm³/mol. The summed E-state index contributed by atoms with van der Waals surface area (Å²) in [5.41, 5.74) is 6.64. The van der Waals surface area contributed by atoms with Gasteiger partial charge in [0.2, 0.25) is 0 Å². The van der Waals surface area contributed by atoms with E-state index < -0.39 is 0 Å². The number of anilines is 1. The fourth-order valence-electron chi connectivity index (χ4n) is 1.59. The molecule has 3 rings (SSSR count). The highest BCUT2D eigenvalue weighted by molar-refractivity contribution is 9.10. The van der Waals surface area contributed by atoms with Crippen LogP contribution in [0.5, 0.6) is 0 Å². The largest absolute Gasteiger partial charge is 0.459 e. The van der Waals surface area contributed by atoms with Gasteiger partial charge < -0.3 is 14.7 Å². The summed E-state index contributed by atoms with van der Waals surface area (Å²) in [5.74, 6) is 2.12. The lowest BCUT2D eigenvalue weighted by molar-refractivity contribution is 0.411. The molecule has 0 amide bonds. The van der Waals surface area contributed by atoms with Gasteiger partial charge in [-0.2, -0.15) is 4.98 Å². The zero-order valence-electron chi connectivity index (χ0n) is 10.2. The average Bonchev–Trinajstić information content (AvgIpc) is 3.09. The molecule has 0 bridgehead atoms. The van der Waals surface area contributed by atoms with Crippen molar-refractivity contribution in [2.24, 2.45) is 0 Å². The quantitative estimate of drug-likeness (QED) is 0.566. The zero-order valence-corrected chi connectivity index (χ0v) is 12.6. The van der Waals surface area contributed by atoms with Gasteiger partial charge in [-0.1, -0.05) is 21.1 Å². The van der Waals surface area contributed by atoms with Gasteiger partial charge in [-0.25, -0.2) is 0 Å². The lowest BCUT2D eigenvalue weighted by atomic mass is 10.3. The Kier molecular flexibility index (Phi) is 3.79. The molecule has 2 heterocycles. The second kappa shape index (κ2) is 5.72. The van der Waals surface area contributed by atoms with Gasteiger partial charge in [0.1, 0.15) is 0 Å². The SMILES string of the molecule is Nc1ccc(Br)cc1SCc1noc(-c2ccco2)n1. The van der Waals surface area contributed by atoms with Crippen molar-refractivity contribution in [3.63, 3.8) is 0 Å². The molecule has 0 aliphatic carbocycles. The third-order valence-corrected chi connectivity index (χ3v) is 4.09. The molecule has 3 aromatic rings. The molecule has 0 atom stereocenters. The minimum atomic E-state index is 0.382. The van der Waals surface area contributed by atoms with Gasteiger partial charge in [-0.3, -0.25) is 0 Å². The summed E-state index contributed by atoms with van der Waals surface area (Å²) in [6.45, 7) is 0. The van der Waals surface area contributed by atoms with Crippen LogP contribution >= 0.6 is 27.7 Å². The maximum Gasteiger partial charge on any atom is 0.293 e. The van der Waals surface area contributed by atoms with Crippen LogP contribution in [0.25, 0.3) is 11.7 Å². The third-order valence-electron chi connectivity index (χ3n) is 2.53. The molecule has 0 spiro atoms. The number of nitrogens with two attached hydrogens (primary N) is 1. The van der Waals surface area contributed by atoms with E-state index >= 15 is 0 Å². The van der Waals surface area contributed by atoms with Crippen molar-refractivity contribution in [1.29, 1.82) is 0 Å². The first-order valence-corrected chi connectivity index (χ1v) is 7.54. The Bertz CT molecular complexity index is 712. The minimum absolute atomic E-state index is 0.382. The number of nitrogen functional groups attached to an aromatic ring is 1. The van der Waals surface area contributed by atoms with Gasteiger partial charge in [0.05, 0.1) is 12.0 Å². The highest BCUT2D eigenvalue weighted by atomic mass is 79.9. The normalized spacial score (nSPS) is 10.8. The maximum absolute atomic E-state index is 5.92. The molecule has 2 N–H and O–H groups in total. The lowest BCUT2D eigenvalue weighted by Gasteiger charge is -2.03. The Hall–Kier alpha value is -1.73.